The van der Waals surface area contributed by atoms with Gasteiger partial charge in [-0.2, -0.15) is 0 Å². The molecule has 1 aromatic rings. The minimum atomic E-state index is -3.03. The highest BCUT2D eigenvalue weighted by atomic mass is 32.2. The van der Waals surface area contributed by atoms with Crippen molar-refractivity contribution in [2.24, 2.45) is 0 Å². The molecule has 3 nitrogen and oxygen atoms in total. The number of hydrogen-bond donors (Lipinski definition) is 1. The zero-order valence-corrected chi connectivity index (χ0v) is 10.2. The van der Waals surface area contributed by atoms with Gasteiger partial charge in [0.25, 0.3) is 0 Å². The van der Waals surface area contributed by atoms with Crippen LogP contribution >= 0.6 is 0 Å². The fourth-order valence-electron chi connectivity index (χ4n) is 1.89. The van der Waals surface area contributed by atoms with Crippen molar-refractivity contribution < 1.29 is 17.2 Å². The van der Waals surface area contributed by atoms with Gasteiger partial charge in [0.2, 0.25) is 0 Å². The first-order chi connectivity index (χ1) is 7.87. The maximum atomic E-state index is 13.5. The smallest absolute Gasteiger partial charge is 0.152 e. The highest BCUT2D eigenvalue weighted by Gasteiger charge is 2.28. The molecule has 1 heterocycles. The molecule has 1 aliphatic rings. The van der Waals surface area contributed by atoms with Gasteiger partial charge >= 0.3 is 0 Å². The van der Waals surface area contributed by atoms with Gasteiger partial charge in [-0.25, -0.2) is 17.2 Å². The van der Waals surface area contributed by atoms with Gasteiger partial charge in [0, 0.05) is 12.1 Å². The Bertz CT molecular complexity index is 543. The van der Waals surface area contributed by atoms with Crippen LogP contribution in [0.4, 0.5) is 14.5 Å². The molecule has 6 heteroatoms. The van der Waals surface area contributed by atoms with Crippen molar-refractivity contribution in [3.63, 3.8) is 0 Å². The van der Waals surface area contributed by atoms with Crippen LogP contribution < -0.4 is 5.32 Å². The Balaban J connectivity index is 2.17. The summed E-state index contributed by atoms with van der Waals surface area (Å²) in [6.07, 6.45) is 0.428. The van der Waals surface area contributed by atoms with E-state index in [-0.39, 0.29) is 28.8 Å². The standard InChI is InChI=1S/C11H13F2NO2S/c1-7-4-10(13)11(5-9(7)12)14-8-2-3-17(15,16)6-8/h4-5,8,14H,2-3,6H2,1H3. The van der Waals surface area contributed by atoms with Crippen molar-refractivity contribution in [2.75, 3.05) is 16.8 Å². The number of nitrogens with one attached hydrogen (secondary N) is 1. The summed E-state index contributed by atoms with van der Waals surface area (Å²) in [5.74, 6) is -0.995. The number of benzene rings is 1. The van der Waals surface area contributed by atoms with Gasteiger partial charge in [-0.05, 0) is 25.0 Å². The molecule has 0 saturated carbocycles. The predicted molar refractivity (Wildman–Crippen MR) is 61.8 cm³/mol. The van der Waals surface area contributed by atoms with E-state index in [2.05, 4.69) is 5.32 Å². The van der Waals surface area contributed by atoms with E-state index in [4.69, 9.17) is 0 Å². The van der Waals surface area contributed by atoms with Crippen LogP contribution in [0.2, 0.25) is 0 Å². The van der Waals surface area contributed by atoms with Gasteiger partial charge in [0.1, 0.15) is 11.6 Å². The van der Waals surface area contributed by atoms with E-state index < -0.39 is 21.5 Å². The monoisotopic (exact) mass is 261 g/mol. The minimum Gasteiger partial charge on any atom is -0.379 e. The molecule has 1 atom stereocenters. The maximum Gasteiger partial charge on any atom is 0.152 e. The average molecular weight is 261 g/mol. The molecule has 2 rings (SSSR count). The molecule has 1 unspecified atom stereocenters. The number of sulfone groups is 1. The van der Waals surface area contributed by atoms with Gasteiger partial charge in [-0.3, -0.25) is 0 Å². The van der Waals surface area contributed by atoms with E-state index in [9.17, 15) is 17.2 Å². The highest BCUT2D eigenvalue weighted by Crippen LogP contribution is 2.22. The fourth-order valence-corrected chi connectivity index (χ4v) is 3.56. The summed E-state index contributed by atoms with van der Waals surface area (Å²) in [6, 6.07) is 1.83. The normalized spacial score (nSPS) is 22.6. The van der Waals surface area contributed by atoms with Crippen LogP contribution in [0.5, 0.6) is 0 Å². The molecular weight excluding hydrogens is 248 g/mol. The molecule has 1 saturated heterocycles. The van der Waals surface area contributed by atoms with Crippen molar-refractivity contribution in [3.05, 3.63) is 29.3 Å². The van der Waals surface area contributed by atoms with Gasteiger partial charge in [-0.15, -0.1) is 0 Å². The van der Waals surface area contributed by atoms with Crippen LogP contribution in [-0.2, 0) is 9.84 Å². The molecule has 0 spiro atoms. The Morgan fingerprint density at radius 1 is 1.29 bits per heavy atom. The van der Waals surface area contributed by atoms with Crippen molar-refractivity contribution in [1.29, 1.82) is 0 Å². The minimum absolute atomic E-state index is 0.0233. The van der Waals surface area contributed by atoms with E-state index in [0.29, 0.717) is 6.42 Å². The molecule has 0 aromatic heterocycles. The molecule has 0 aliphatic carbocycles. The van der Waals surface area contributed by atoms with Crippen LogP contribution in [0.25, 0.3) is 0 Å². The van der Waals surface area contributed by atoms with Gasteiger partial charge in [-0.1, -0.05) is 0 Å². The number of hydrogen-bond acceptors (Lipinski definition) is 3. The lowest BCUT2D eigenvalue weighted by Gasteiger charge is -2.13. The average Bonchev–Trinajstić information content (AvgIpc) is 2.54. The lowest BCUT2D eigenvalue weighted by molar-refractivity contribution is 0.592. The van der Waals surface area contributed by atoms with E-state index >= 15 is 0 Å². The van der Waals surface area contributed by atoms with Crippen molar-refractivity contribution in [2.45, 2.75) is 19.4 Å². The topological polar surface area (TPSA) is 46.2 Å². The Hall–Kier alpha value is -1.17. The Kier molecular flexibility index (Phi) is 3.07. The van der Waals surface area contributed by atoms with Gasteiger partial charge in [0.05, 0.1) is 17.2 Å². The van der Waals surface area contributed by atoms with Crippen molar-refractivity contribution >= 4 is 15.5 Å². The van der Waals surface area contributed by atoms with Gasteiger partial charge < -0.3 is 5.32 Å². The Morgan fingerprint density at radius 2 is 2.00 bits per heavy atom. The summed E-state index contributed by atoms with van der Waals surface area (Å²) in [4.78, 5) is 0. The largest absolute Gasteiger partial charge is 0.379 e. The lowest BCUT2D eigenvalue weighted by atomic mass is 10.2. The number of halogens is 2. The second kappa shape index (κ2) is 4.25. The highest BCUT2D eigenvalue weighted by molar-refractivity contribution is 7.91. The molecule has 1 aliphatic heterocycles. The molecular formula is C11H13F2NO2S. The first-order valence-corrected chi connectivity index (χ1v) is 7.12. The molecule has 0 radical (unpaired) electrons. The third-order valence-electron chi connectivity index (χ3n) is 2.84. The molecule has 17 heavy (non-hydrogen) atoms. The van der Waals surface area contributed by atoms with Crippen LogP contribution in [0.1, 0.15) is 12.0 Å². The van der Waals surface area contributed by atoms with Crippen LogP contribution in [0.3, 0.4) is 0 Å². The Labute approximate surface area is 98.8 Å². The molecule has 1 fully saturated rings. The third kappa shape index (κ3) is 2.74. The summed E-state index contributed by atoms with van der Waals surface area (Å²) in [5, 5.41) is 2.74. The van der Waals surface area contributed by atoms with E-state index in [0.717, 1.165) is 12.1 Å². The van der Waals surface area contributed by atoms with Crippen LogP contribution in [0.15, 0.2) is 12.1 Å². The van der Waals surface area contributed by atoms with Crippen LogP contribution in [0, 0.1) is 18.6 Å². The zero-order valence-electron chi connectivity index (χ0n) is 9.33. The van der Waals surface area contributed by atoms with E-state index in [1.165, 1.54) is 6.92 Å². The van der Waals surface area contributed by atoms with Gasteiger partial charge in [0.15, 0.2) is 9.84 Å². The lowest BCUT2D eigenvalue weighted by Crippen LogP contribution is -2.21. The predicted octanol–water partition coefficient (Wildman–Crippen LogP) is 1.87. The van der Waals surface area contributed by atoms with Crippen LogP contribution in [-0.4, -0.2) is 26.0 Å². The second-order valence-electron chi connectivity index (χ2n) is 4.33. The maximum absolute atomic E-state index is 13.5. The summed E-state index contributed by atoms with van der Waals surface area (Å²) < 4.78 is 49.2. The summed E-state index contributed by atoms with van der Waals surface area (Å²) in [6.45, 7) is 1.47. The third-order valence-corrected chi connectivity index (χ3v) is 4.61. The molecule has 0 amide bonds. The zero-order chi connectivity index (χ0) is 12.6. The summed E-state index contributed by atoms with van der Waals surface area (Å²) in [7, 11) is -3.03. The van der Waals surface area contributed by atoms with E-state index in [1.54, 1.807) is 0 Å². The molecule has 0 bridgehead atoms. The summed E-state index contributed by atoms with van der Waals surface area (Å²) >= 11 is 0. The number of rotatable bonds is 2. The van der Waals surface area contributed by atoms with Crippen molar-refractivity contribution in [3.8, 4) is 0 Å². The molecule has 1 N–H and O–H groups in total. The first kappa shape index (κ1) is 12.3. The fraction of sp³-hybridized carbons (Fsp3) is 0.455. The first-order valence-electron chi connectivity index (χ1n) is 5.30. The quantitative estimate of drug-likeness (QED) is 0.884. The number of aryl methyl sites for hydroxylation is 1. The SMILES string of the molecule is Cc1cc(F)c(NC2CCS(=O)(=O)C2)cc1F. The molecule has 1 aromatic carbocycles. The summed E-state index contributed by atoms with van der Waals surface area (Å²) in [5.41, 5.74) is 0.252. The number of anilines is 1. The Morgan fingerprint density at radius 3 is 2.59 bits per heavy atom. The molecule has 94 valence electrons. The van der Waals surface area contributed by atoms with Crippen molar-refractivity contribution in [1.82, 2.24) is 0 Å². The van der Waals surface area contributed by atoms with E-state index in [1.807, 2.05) is 0 Å². The second-order valence-corrected chi connectivity index (χ2v) is 6.55.